The molecule has 8 heteroatoms. The first-order chi connectivity index (χ1) is 14.5. The van der Waals surface area contributed by atoms with Crippen molar-refractivity contribution in [3.05, 3.63) is 64.1 Å². The predicted octanol–water partition coefficient (Wildman–Crippen LogP) is 4.47. The second-order valence-corrected chi connectivity index (χ2v) is 7.94. The van der Waals surface area contributed by atoms with Crippen molar-refractivity contribution in [3.8, 4) is 16.3 Å². The summed E-state index contributed by atoms with van der Waals surface area (Å²) in [6.07, 6.45) is 0.589. The van der Waals surface area contributed by atoms with Crippen LogP contribution in [0.3, 0.4) is 0 Å². The standard InChI is InChI=1S/C22H22ClN3O3S/c1-3-29-18-7-5-4-6-17(18)26-21(28)20(27)24-13-12-19-14(2)25-22(30-19)15-8-10-16(23)11-9-15/h4-11H,3,12-13H2,1-2H3,(H,24,27)(H,26,28). The zero-order valence-electron chi connectivity index (χ0n) is 16.7. The number of amides is 2. The number of hydrogen-bond donors (Lipinski definition) is 2. The van der Waals surface area contributed by atoms with Gasteiger partial charge in [-0.2, -0.15) is 0 Å². The second kappa shape index (κ2) is 10.2. The quantitative estimate of drug-likeness (QED) is 0.528. The average Bonchev–Trinajstić information content (AvgIpc) is 3.10. The molecule has 0 radical (unpaired) electrons. The van der Waals surface area contributed by atoms with E-state index in [4.69, 9.17) is 16.3 Å². The number of hydrogen-bond acceptors (Lipinski definition) is 5. The van der Waals surface area contributed by atoms with Gasteiger partial charge in [-0.15, -0.1) is 11.3 Å². The molecular weight excluding hydrogens is 422 g/mol. The van der Waals surface area contributed by atoms with Gasteiger partial charge in [-0.1, -0.05) is 35.9 Å². The summed E-state index contributed by atoms with van der Waals surface area (Å²) in [4.78, 5) is 30.0. The van der Waals surface area contributed by atoms with Gasteiger partial charge in [-0.05, 0) is 38.1 Å². The van der Waals surface area contributed by atoms with Crippen molar-refractivity contribution in [2.24, 2.45) is 0 Å². The number of nitrogens with zero attached hydrogens (tertiary/aromatic N) is 1. The first kappa shape index (κ1) is 21.8. The molecule has 0 bridgehead atoms. The third kappa shape index (κ3) is 5.58. The van der Waals surface area contributed by atoms with Gasteiger partial charge < -0.3 is 15.4 Å². The molecule has 3 aromatic rings. The maximum Gasteiger partial charge on any atom is 0.313 e. The van der Waals surface area contributed by atoms with Gasteiger partial charge in [0.15, 0.2) is 0 Å². The van der Waals surface area contributed by atoms with Gasteiger partial charge >= 0.3 is 11.8 Å². The van der Waals surface area contributed by atoms with Crippen molar-refractivity contribution in [1.29, 1.82) is 0 Å². The van der Waals surface area contributed by atoms with Crippen LogP contribution >= 0.6 is 22.9 Å². The predicted molar refractivity (Wildman–Crippen MR) is 120 cm³/mol. The minimum absolute atomic E-state index is 0.336. The van der Waals surface area contributed by atoms with Gasteiger partial charge in [0.2, 0.25) is 0 Å². The number of carbonyl (C=O) groups excluding carboxylic acids is 2. The van der Waals surface area contributed by atoms with Gasteiger partial charge in [0.25, 0.3) is 0 Å². The van der Waals surface area contributed by atoms with Crippen LogP contribution in [-0.2, 0) is 16.0 Å². The Morgan fingerprint density at radius 2 is 1.83 bits per heavy atom. The van der Waals surface area contributed by atoms with Crippen LogP contribution in [0.1, 0.15) is 17.5 Å². The second-order valence-electron chi connectivity index (χ2n) is 6.42. The van der Waals surface area contributed by atoms with Crippen LogP contribution < -0.4 is 15.4 Å². The summed E-state index contributed by atoms with van der Waals surface area (Å²) in [6, 6.07) is 14.5. The molecule has 6 nitrogen and oxygen atoms in total. The number of benzene rings is 2. The Hall–Kier alpha value is -2.90. The Kier molecular flexibility index (Phi) is 7.43. The van der Waals surface area contributed by atoms with Crippen molar-refractivity contribution in [1.82, 2.24) is 10.3 Å². The third-order valence-electron chi connectivity index (χ3n) is 4.26. The fourth-order valence-corrected chi connectivity index (χ4v) is 3.97. The fraction of sp³-hybridized carbons (Fsp3) is 0.227. The smallest absolute Gasteiger partial charge is 0.313 e. The molecule has 0 fully saturated rings. The van der Waals surface area contributed by atoms with E-state index in [1.54, 1.807) is 35.6 Å². The number of thiazole rings is 1. The molecule has 3 rings (SSSR count). The molecule has 2 aromatic carbocycles. The first-order valence-corrected chi connectivity index (χ1v) is 10.7. The van der Waals surface area contributed by atoms with E-state index in [1.165, 1.54) is 0 Å². The number of para-hydroxylation sites is 2. The molecule has 2 amide bonds. The van der Waals surface area contributed by atoms with E-state index in [1.807, 2.05) is 38.1 Å². The lowest BCUT2D eigenvalue weighted by Crippen LogP contribution is -2.36. The lowest BCUT2D eigenvalue weighted by molar-refractivity contribution is -0.136. The van der Waals surface area contributed by atoms with Gasteiger partial charge in [0, 0.05) is 28.4 Å². The summed E-state index contributed by atoms with van der Waals surface area (Å²) < 4.78 is 5.46. The molecule has 0 aliphatic rings. The normalized spacial score (nSPS) is 10.5. The van der Waals surface area contributed by atoms with Crippen molar-refractivity contribution >= 4 is 40.4 Å². The Balaban J connectivity index is 1.54. The minimum Gasteiger partial charge on any atom is -0.492 e. The first-order valence-electron chi connectivity index (χ1n) is 9.51. The van der Waals surface area contributed by atoms with E-state index in [-0.39, 0.29) is 0 Å². The zero-order valence-corrected chi connectivity index (χ0v) is 18.3. The van der Waals surface area contributed by atoms with E-state index in [2.05, 4.69) is 15.6 Å². The number of rotatable bonds is 7. The lowest BCUT2D eigenvalue weighted by atomic mass is 10.2. The summed E-state index contributed by atoms with van der Waals surface area (Å²) in [7, 11) is 0. The molecule has 0 saturated carbocycles. The number of carbonyl (C=O) groups is 2. The summed E-state index contributed by atoms with van der Waals surface area (Å²) in [6.45, 7) is 4.59. The molecule has 0 spiro atoms. The third-order valence-corrected chi connectivity index (χ3v) is 5.78. The average molecular weight is 444 g/mol. The SMILES string of the molecule is CCOc1ccccc1NC(=O)C(=O)NCCc1sc(-c2ccc(Cl)cc2)nc1C. The van der Waals surface area contributed by atoms with Crippen LogP contribution in [-0.4, -0.2) is 29.9 Å². The van der Waals surface area contributed by atoms with Crippen LogP contribution in [0.25, 0.3) is 10.6 Å². The van der Waals surface area contributed by atoms with Crippen LogP contribution in [0.2, 0.25) is 5.02 Å². The Bertz CT molecular complexity index is 1030. The number of anilines is 1. The molecule has 156 valence electrons. The Labute approximate surface area is 184 Å². The minimum atomic E-state index is -0.731. The Morgan fingerprint density at radius 1 is 1.10 bits per heavy atom. The molecule has 1 heterocycles. The number of nitrogens with one attached hydrogen (secondary N) is 2. The number of halogens is 1. The fourth-order valence-electron chi connectivity index (χ4n) is 2.78. The summed E-state index contributed by atoms with van der Waals surface area (Å²) in [5.41, 5.74) is 2.37. The highest BCUT2D eigenvalue weighted by atomic mass is 35.5. The highest BCUT2D eigenvalue weighted by Gasteiger charge is 2.16. The van der Waals surface area contributed by atoms with Crippen LogP contribution in [0, 0.1) is 6.92 Å². The largest absolute Gasteiger partial charge is 0.492 e. The van der Waals surface area contributed by atoms with Crippen LogP contribution in [0.5, 0.6) is 5.75 Å². The van der Waals surface area contributed by atoms with Gasteiger partial charge in [0.1, 0.15) is 10.8 Å². The highest BCUT2D eigenvalue weighted by molar-refractivity contribution is 7.15. The van der Waals surface area contributed by atoms with E-state index in [0.717, 1.165) is 21.1 Å². The zero-order chi connectivity index (χ0) is 21.5. The van der Waals surface area contributed by atoms with Crippen LogP contribution in [0.4, 0.5) is 5.69 Å². The number of aromatic nitrogens is 1. The van der Waals surface area contributed by atoms with Crippen LogP contribution in [0.15, 0.2) is 48.5 Å². The van der Waals surface area contributed by atoms with Gasteiger partial charge in [-0.3, -0.25) is 9.59 Å². The van der Waals surface area contributed by atoms with E-state index in [9.17, 15) is 9.59 Å². The summed E-state index contributed by atoms with van der Waals surface area (Å²) in [5, 5.41) is 6.82. The highest BCUT2D eigenvalue weighted by Crippen LogP contribution is 2.29. The summed E-state index contributed by atoms with van der Waals surface area (Å²) in [5.74, 6) is -0.900. The molecular formula is C22H22ClN3O3S. The maximum absolute atomic E-state index is 12.2. The van der Waals surface area contributed by atoms with E-state index < -0.39 is 11.8 Å². The number of ether oxygens (including phenoxy) is 1. The molecule has 0 aliphatic carbocycles. The molecule has 0 saturated heterocycles. The maximum atomic E-state index is 12.2. The molecule has 30 heavy (non-hydrogen) atoms. The van der Waals surface area contributed by atoms with Crippen molar-refractivity contribution in [3.63, 3.8) is 0 Å². The summed E-state index contributed by atoms with van der Waals surface area (Å²) >= 11 is 7.50. The van der Waals surface area contributed by atoms with Gasteiger partial charge in [0.05, 0.1) is 18.0 Å². The van der Waals surface area contributed by atoms with Crippen molar-refractivity contribution in [2.75, 3.05) is 18.5 Å². The molecule has 0 unspecified atom stereocenters. The molecule has 0 aliphatic heterocycles. The lowest BCUT2D eigenvalue weighted by Gasteiger charge is -2.11. The van der Waals surface area contributed by atoms with E-state index in [0.29, 0.717) is 36.0 Å². The monoisotopic (exact) mass is 443 g/mol. The van der Waals surface area contributed by atoms with Gasteiger partial charge in [-0.25, -0.2) is 4.98 Å². The van der Waals surface area contributed by atoms with Crippen molar-refractivity contribution in [2.45, 2.75) is 20.3 Å². The topological polar surface area (TPSA) is 80.3 Å². The Morgan fingerprint density at radius 3 is 2.57 bits per heavy atom. The van der Waals surface area contributed by atoms with E-state index >= 15 is 0 Å². The van der Waals surface area contributed by atoms with Crippen molar-refractivity contribution < 1.29 is 14.3 Å². The molecule has 1 aromatic heterocycles. The number of aryl methyl sites for hydroxylation is 1. The molecule has 0 atom stereocenters. The molecule has 2 N–H and O–H groups in total.